The lowest BCUT2D eigenvalue weighted by Gasteiger charge is -2.32. The number of aromatic amines is 1. The fourth-order valence-electron chi connectivity index (χ4n) is 8.42. The predicted octanol–water partition coefficient (Wildman–Crippen LogP) is 4.84. The van der Waals surface area contributed by atoms with E-state index in [1.54, 1.807) is 11.0 Å². The molecule has 1 spiro atoms. The van der Waals surface area contributed by atoms with Gasteiger partial charge in [-0.05, 0) is 81.1 Å². The van der Waals surface area contributed by atoms with Crippen LogP contribution >= 0.6 is 0 Å². The highest BCUT2D eigenvalue weighted by atomic mass is 19.4. The van der Waals surface area contributed by atoms with Gasteiger partial charge in [-0.15, -0.1) is 0 Å². The Balaban J connectivity index is 0.865. The number of piperidine rings is 1. The molecule has 51 heavy (non-hydrogen) atoms. The molecule has 4 aliphatic heterocycles. The molecule has 0 aliphatic carbocycles. The van der Waals surface area contributed by atoms with Gasteiger partial charge < -0.3 is 9.80 Å². The van der Waals surface area contributed by atoms with Crippen LogP contribution < -0.4 is 4.90 Å². The van der Waals surface area contributed by atoms with Crippen LogP contribution in [-0.4, -0.2) is 117 Å². The molecule has 0 bridgehead atoms. The largest absolute Gasteiger partial charge is 0.401 e. The Hall–Kier alpha value is -4.56. The van der Waals surface area contributed by atoms with Gasteiger partial charge in [0.25, 0.3) is 0 Å². The number of anilines is 1. The summed E-state index contributed by atoms with van der Waals surface area (Å²) in [6.07, 6.45) is 3.09. The van der Waals surface area contributed by atoms with E-state index in [0.717, 1.165) is 52.7 Å². The molecule has 1 atom stereocenters. The molecule has 0 saturated carbocycles. The Morgan fingerprint density at radius 1 is 0.980 bits per heavy atom. The smallest absolute Gasteiger partial charge is 0.338 e. The maximum Gasteiger partial charge on any atom is 0.401 e. The van der Waals surface area contributed by atoms with Crippen LogP contribution in [0.15, 0.2) is 54.9 Å². The van der Waals surface area contributed by atoms with Crippen LogP contribution in [0.25, 0.3) is 27.9 Å². The van der Waals surface area contributed by atoms with Crippen molar-refractivity contribution in [3.8, 4) is 11.4 Å². The molecule has 0 radical (unpaired) electrons. The van der Waals surface area contributed by atoms with E-state index in [9.17, 15) is 22.8 Å². The van der Waals surface area contributed by atoms with Crippen molar-refractivity contribution in [2.45, 2.75) is 44.2 Å². The van der Waals surface area contributed by atoms with Gasteiger partial charge in [0.05, 0.1) is 24.0 Å². The highest BCUT2D eigenvalue weighted by Crippen LogP contribution is 2.43. The molecular formula is C37H42F3N9O2. The number of aryl methyl sites for hydroxylation is 1. The van der Waals surface area contributed by atoms with Crippen LogP contribution in [0.4, 0.5) is 18.9 Å². The van der Waals surface area contributed by atoms with Gasteiger partial charge in [0.15, 0.2) is 5.82 Å². The van der Waals surface area contributed by atoms with Crippen LogP contribution in [0.2, 0.25) is 0 Å². The van der Waals surface area contributed by atoms with Crippen molar-refractivity contribution in [1.29, 1.82) is 0 Å². The zero-order valence-electron chi connectivity index (χ0n) is 28.7. The quantitative estimate of drug-likeness (QED) is 0.294. The zero-order chi connectivity index (χ0) is 35.3. The number of hydrogen-bond acceptors (Lipinski definition) is 7. The lowest BCUT2D eigenvalue weighted by Crippen LogP contribution is -2.43. The molecule has 6 heterocycles. The summed E-state index contributed by atoms with van der Waals surface area (Å²) in [5.41, 5.74) is 5.35. The number of alkyl halides is 3. The maximum atomic E-state index is 14.0. The average molecular weight is 702 g/mol. The molecule has 2 amide bonds. The standard InChI is InChI=1S/C37H42F3N9O2/c1-45-24-41-34(44-45)28-4-2-25(3-5-28)26-10-16-48(17-11-26)32(50)21-47-18-12-36(22-47)13-19-49(35(36)51)29-6-7-31-30(20-29)33(43-42-31)27-8-14-46(15-9-27)23-37(38,39)40/h2-7,10,20,24,27H,8-9,11-19,21-23H2,1H3,(H,42,43). The summed E-state index contributed by atoms with van der Waals surface area (Å²) in [6, 6.07) is 14.1. The number of likely N-dealkylation sites (tertiary alicyclic amines) is 2. The third-order valence-corrected chi connectivity index (χ3v) is 11.3. The van der Waals surface area contributed by atoms with Crippen molar-refractivity contribution < 1.29 is 22.8 Å². The molecule has 268 valence electrons. The van der Waals surface area contributed by atoms with E-state index in [1.165, 1.54) is 10.5 Å². The van der Waals surface area contributed by atoms with Crippen molar-refractivity contribution >= 4 is 34.0 Å². The summed E-state index contributed by atoms with van der Waals surface area (Å²) in [7, 11) is 1.85. The van der Waals surface area contributed by atoms with E-state index in [2.05, 4.69) is 43.4 Å². The molecule has 3 saturated heterocycles. The Morgan fingerprint density at radius 3 is 2.45 bits per heavy atom. The first-order valence-electron chi connectivity index (χ1n) is 17.8. The average Bonchev–Trinajstić information content (AvgIpc) is 3.92. The van der Waals surface area contributed by atoms with Gasteiger partial charge in [-0.3, -0.25) is 29.2 Å². The van der Waals surface area contributed by atoms with E-state index in [1.807, 2.05) is 47.2 Å². The number of benzene rings is 2. The number of carbonyl (C=O) groups is 2. The first kappa shape index (κ1) is 33.6. The van der Waals surface area contributed by atoms with Crippen LogP contribution in [-0.2, 0) is 16.6 Å². The molecule has 2 aromatic carbocycles. The minimum absolute atomic E-state index is 0.0836. The van der Waals surface area contributed by atoms with Crippen molar-refractivity contribution in [1.82, 2.24) is 39.7 Å². The predicted molar refractivity (Wildman–Crippen MR) is 187 cm³/mol. The molecule has 1 N–H and O–H groups in total. The monoisotopic (exact) mass is 701 g/mol. The number of H-pyrrole nitrogens is 1. The van der Waals surface area contributed by atoms with E-state index in [0.29, 0.717) is 71.0 Å². The summed E-state index contributed by atoms with van der Waals surface area (Å²) < 4.78 is 40.4. The maximum absolute atomic E-state index is 14.0. The van der Waals surface area contributed by atoms with Gasteiger partial charge >= 0.3 is 6.18 Å². The molecule has 4 aromatic rings. The molecule has 8 rings (SSSR count). The van der Waals surface area contributed by atoms with Crippen LogP contribution in [0.5, 0.6) is 0 Å². The summed E-state index contributed by atoms with van der Waals surface area (Å²) in [5, 5.41) is 12.9. The second kappa shape index (κ2) is 13.2. The number of amides is 2. The van der Waals surface area contributed by atoms with Gasteiger partial charge in [0, 0.05) is 61.5 Å². The SMILES string of the molecule is Cn1cnc(-c2ccc(C3=CCN(C(=O)CN4CCC5(CCN(c6ccc7n[nH]c(C8CCN(CC(F)(F)F)CC8)c7c6)C5=O)C4)CC3)cc2)n1. The van der Waals surface area contributed by atoms with Crippen molar-refractivity contribution in [2.24, 2.45) is 12.5 Å². The fourth-order valence-corrected chi connectivity index (χ4v) is 8.42. The lowest BCUT2D eigenvalue weighted by molar-refractivity contribution is -0.148. The topological polar surface area (TPSA) is 106 Å². The summed E-state index contributed by atoms with van der Waals surface area (Å²) in [6.45, 7) is 3.28. The molecule has 1 unspecified atom stereocenters. The molecule has 14 heteroatoms. The first-order chi connectivity index (χ1) is 24.5. The van der Waals surface area contributed by atoms with Crippen molar-refractivity contribution in [3.05, 3.63) is 66.1 Å². The first-order valence-corrected chi connectivity index (χ1v) is 17.8. The Labute approximate surface area is 294 Å². The number of fused-ring (bicyclic) bond motifs is 1. The third-order valence-electron chi connectivity index (χ3n) is 11.3. The number of nitrogens with zero attached hydrogens (tertiary/aromatic N) is 8. The fraction of sp³-hybridized carbons (Fsp3) is 0.486. The van der Waals surface area contributed by atoms with Crippen LogP contribution in [0.3, 0.4) is 0 Å². The highest BCUT2D eigenvalue weighted by molar-refractivity contribution is 6.02. The number of rotatable bonds is 7. The number of nitrogens with one attached hydrogen (secondary N) is 1. The summed E-state index contributed by atoms with van der Waals surface area (Å²) in [4.78, 5) is 39.1. The zero-order valence-corrected chi connectivity index (χ0v) is 28.7. The second-order valence-electron chi connectivity index (χ2n) is 14.6. The Morgan fingerprint density at radius 2 is 1.75 bits per heavy atom. The summed E-state index contributed by atoms with van der Waals surface area (Å²) >= 11 is 0. The normalized spacial score (nSPS) is 22.5. The highest BCUT2D eigenvalue weighted by Gasteiger charge is 2.51. The minimum Gasteiger partial charge on any atom is -0.338 e. The molecule has 2 aromatic heterocycles. The van der Waals surface area contributed by atoms with Crippen LogP contribution in [0.1, 0.15) is 49.3 Å². The minimum atomic E-state index is -4.20. The molecular weight excluding hydrogens is 659 g/mol. The van der Waals surface area contributed by atoms with E-state index in [-0.39, 0.29) is 17.7 Å². The van der Waals surface area contributed by atoms with Gasteiger partial charge in [-0.1, -0.05) is 30.3 Å². The number of carbonyl (C=O) groups excluding carboxylic acids is 2. The van der Waals surface area contributed by atoms with E-state index >= 15 is 0 Å². The Kier molecular flexibility index (Phi) is 8.69. The summed E-state index contributed by atoms with van der Waals surface area (Å²) in [5.74, 6) is 0.960. The number of aromatic nitrogens is 5. The van der Waals surface area contributed by atoms with Gasteiger partial charge in [-0.2, -0.15) is 23.4 Å². The van der Waals surface area contributed by atoms with Gasteiger partial charge in [-0.25, -0.2) is 4.98 Å². The van der Waals surface area contributed by atoms with Crippen molar-refractivity contribution in [2.75, 3.05) is 63.8 Å². The van der Waals surface area contributed by atoms with Gasteiger partial charge in [0.2, 0.25) is 11.8 Å². The van der Waals surface area contributed by atoms with E-state index < -0.39 is 18.1 Å². The number of hydrogen-bond donors (Lipinski definition) is 1. The lowest BCUT2D eigenvalue weighted by atomic mass is 9.85. The molecule has 4 aliphatic rings. The second-order valence-corrected chi connectivity index (χ2v) is 14.6. The van der Waals surface area contributed by atoms with Gasteiger partial charge in [0.1, 0.15) is 6.33 Å². The molecule has 3 fully saturated rings. The van der Waals surface area contributed by atoms with Crippen molar-refractivity contribution in [3.63, 3.8) is 0 Å². The number of halogens is 3. The third kappa shape index (κ3) is 6.78. The van der Waals surface area contributed by atoms with E-state index in [4.69, 9.17) is 0 Å². The van der Waals surface area contributed by atoms with Crippen LogP contribution in [0, 0.1) is 5.41 Å². The Bertz CT molecular complexity index is 1960. The molecule has 11 nitrogen and oxygen atoms in total.